The lowest BCUT2D eigenvalue weighted by atomic mass is 9.64. The lowest BCUT2D eigenvalue weighted by Crippen LogP contribution is -2.44. The van der Waals surface area contributed by atoms with E-state index in [2.05, 4.69) is 74.7 Å². The Bertz CT molecular complexity index is 880. The molecule has 0 aliphatic heterocycles. The monoisotopic (exact) mass is 396 g/mol. The van der Waals surface area contributed by atoms with E-state index in [0.29, 0.717) is 5.92 Å². The molecule has 4 nitrogen and oxygen atoms in total. The van der Waals surface area contributed by atoms with Gasteiger partial charge < -0.3 is 4.74 Å². The molecular weight excluding hydrogens is 364 g/mol. The first-order valence-corrected chi connectivity index (χ1v) is 10.4. The third-order valence-corrected chi connectivity index (χ3v) is 6.63. The van der Waals surface area contributed by atoms with Crippen molar-refractivity contribution in [1.29, 1.82) is 0 Å². The molecule has 0 aromatic heterocycles. The van der Waals surface area contributed by atoms with Crippen molar-refractivity contribution >= 4 is 16.7 Å². The second-order valence-electron chi connectivity index (χ2n) is 8.99. The Balaban J connectivity index is 1.93. The fourth-order valence-electron chi connectivity index (χ4n) is 4.71. The summed E-state index contributed by atoms with van der Waals surface area (Å²) in [6.45, 7) is 12.0. The summed E-state index contributed by atoms with van der Waals surface area (Å²) in [6, 6.07) is 14.9. The molecule has 1 aliphatic rings. The van der Waals surface area contributed by atoms with Crippen molar-refractivity contribution in [2.24, 2.45) is 11.8 Å². The number of hydrogen-bond donors (Lipinski definition) is 1. The van der Waals surface area contributed by atoms with Crippen LogP contribution in [0.1, 0.15) is 52.5 Å². The van der Waals surface area contributed by atoms with Gasteiger partial charge in [0.25, 0.3) is 0 Å². The molecule has 0 radical (unpaired) electrons. The minimum Gasteiger partial charge on any atom is -0.459 e. The van der Waals surface area contributed by atoms with Gasteiger partial charge in [-0.1, -0.05) is 76.2 Å². The van der Waals surface area contributed by atoms with Crippen molar-refractivity contribution in [2.75, 3.05) is 0 Å². The Labute approximate surface area is 173 Å². The highest BCUT2D eigenvalue weighted by Gasteiger charge is 2.43. The van der Waals surface area contributed by atoms with E-state index in [4.69, 9.17) is 9.99 Å². The Kier molecular flexibility index (Phi) is 6.45. The molecule has 2 aromatic carbocycles. The third-order valence-electron chi connectivity index (χ3n) is 6.63. The Morgan fingerprint density at radius 1 is 1.17 bits per heavy atom. The molecule has 29 heavy (non-hydrogen) atoms. The standard InChI is InChI=1S/C25H32O4/c1-16-13-14-22(23(15-16)28-24(26)17(2)18(3)29-27)25(4,5)21-12-8-10-19-9-6-7-11-20(19)21/h6-12,16,18,22-23,27H,2,13-15H2,1,3-5H3/t16-,18+,22-,23-/m0/s1. The first kappa shape index (κ1) is 21.5. The number of rotatable bonds is 6. The van der Waals surface area contributed by atoms with Crippen LogP contribution in [-0.2, 0) is 19.8 Å². The zero-order valence-electron chi connectivity index (χ0n) is 17.9. The van der Waals surface area contributed by atoms with E-state index in [0.717, 1.165) is 19.3 Å². The molecule has 4 atom stereocenters. The van der Waals surface area contributed by atoms with Gasteiger partial charge in [0, 0.05) is 5.92 Å². The zero-order valence-corrected chi connectivity index (χ0v) is 17.9. The second kappa shape index (κ2) is 8.68. The van der Waals surface area contributed by atoms with Gasteiger partial charge in [0.05, 0.1) is 5.57 Å². The highest BCUT2D eigenvalue weighted by atomic mass is 17.1. The number of fused-ring (bicyclic) bond motifs is 1. The molecule has 0 amide bonds. The molecule has 3 rings (SSSR count). The molecule has 0 bridgehead atoms. The molecule has 0 unspecified atom stereocenters. The maximum atomic E-state index is 12.6. The third kappa shape index (κ3) is 4.39. The van der Waals surface area contributed by atoms with Crippen LogP contribution in [0.2, 0.25) is 0 Å². The van der Waals surface area contributed by atoms with E-state index in [1.165, 1.54) is 16.3 Å². The van der Waals surface area contributed by atoms with E-state index >= 15 is 0 Å². The van der Waals surface area contributed by atoms with Gasteiger partial charge in [-0.2, -0.15) is 0 Å². The molecule has 0 heterocycles. The molecular formula is C25H32O4. The fourth-order valence-corrected chi connectivity index (χ4v) is 4.71. The average molecular weight is 397 g/mol. The van der Waals surface area contributed by atoms with Gasteiger partial charge in [-0.3, -0.25) is 5.26 Å². The van der Waals surface area contributed by atoms with Crippen molar-refractivity contribution in [1.82, 2.24) is 0 Å². The van der Waals surface area contributed by atoms with Gasteiger partial charge >= 0.3 is 5.97 Å². The van der Waals surface area contributed by atoms with Crippen molar-refractivity contribution in [3.05, 3.63) is 60.2 Å². The molecule has 0 saturated heterocycles. The van der Waals surface area contributed by atoms with E-state index in [9.17, 15) is 4.79 Å². The van der Waals surface area contributed by atoms with Crippen LogP contribution in [0, 0.1) is 11.8 Å². The quantitative estimate of drug-likeness (QED) is 0.286. The molecule has 1 saturated carbocycles. The van der Waals surface area contributed by atoms with Gasteiger partial charge in [0.1, 0.15) is 12.2 Å². The summed E-state index contributed by atoms with van der Waals surface area (Å²) < 4.78 is 5.95. The maximum Gasteiger partial charge on any atom is 0.336 e. The van der Waals surface area contributed by atoms with Crippen LogP contribution < -0.4 is 0 Å². The summed E-state index contributed by atoms with van der Waals surface area (Å²) in [5.41, 5.74) is 1.24. The second-order valence-corrected chi connectivity index (χ2v) is 8.99. The van der Waals surface area contributed by atoms with E-state index in [1.54, 1.807) is 6.92 Å². The lowest BCUT2D eigenvalue weighted by molar-refractivity contribution is -0.264. The number of esters is 1. The van der Waals surface area contributed by atoms with Gasteiger partial charge in [0.15, 0.2) is 0 Å². The zero-order chi connectivity index (χ0) is 21.2. The molecule has 156 valence electrons. The topological polar surface area (TPSA) is 55.8 Å². The highest BCUT2D eigenvalue weighted by molar-refractivity contribution is 5.89. The summed E-state index contributed by atoms with van der Waals surface area (Å²) in [6.07, 6.45) is 1.94. The number of ether oxygens (including phenoxy) is 1. The Morgan fingerprint density at radius 3 is 2.59 bits per heavy atom. The van der Waals surface area contributed by atoms with Gasteiger partial charge in [-0.25, -0.2) is 9.68 Å². The molecule has 1 aliphatic carbocycles. The van der Waals surface area contributed by atoms with Crippen molar-refractivity contribution in [3.8, 4) is 0 Å². The summed E-state index contributed by atoms with van der Waals surface area (Å²) >= 11 is 0. The molecule has 4 heteroatoms. The number of carbonyl (C=O) groups is 1. The molecule has 2 aromatic rings. The first-order chi connectivity index (χ1) is 13.8. The van der Waals surface area contributed by atoms with E-state index < -0.39 is 12.1 Å². The summed E-state index contributed by atoms with van der Waals surface area (Å²) in [5.74, 6) is 0.183. The Hall–Kier alpha value is -2.17. The number of carbonyl (C=O) groups excluding carboxylic acids is 1. The lowest BCUT2D eigenvalue weighted by Gasteiger charge is -2.44. The first-order valence-electron chi connectivity index (χ1n) is 10.4. The minimum absolute atomic E-state index is 0.132. The fraction of sp³-hybridized carbons (Fsp3) is 0.480. The summed E-state index contributed by atoms with van der Waals surface area (Å²) in [5, 5.41) is 11.3. The summed E-state index contributed by atoms with van der Waals surface area (Å²) in [7, 11) is 0. The SMILES string of the molecule is C=C(C(=O)O[C@H]1C[C@@H](C)CC[C@@H]1C(C)(C)c1cccc2ccccc12)[C@@H](C)OO. The molecule has 0 spiro atoms. The van der Waals surface area contributed by atoms with Crippen LogP contribution in [-0.4, -0.2) is 23.4 Å². The van der Waals surface area contributed by atoms with Gasteiger partial charge in [-0.15, -0.1) is 0 Å². The molecule has 1 N–H and O–H groups in total. The minimum atomic E-state index is -0.784. The number of benzene rings is 2. The number of hydrogen-bond acceptors (Lipinski definition) is 4. The van der Waals surface area contributed by atoms with Crippen molar-refractivity contribution < 1.29 is 19.7 Å². The smallest absolute Gasteiger partial charge is 0.336 e. The van der Waals surface area contributed by atoms with Crippen molar-refractivity contribution in [3.63, 3.8) is 0 Å². The predicted octanol–water partition coefficient (Wildman–Crippen LogP) is 5.90. The normalized spacial score (nSPS) is 23.6. The maximum absolute atomic E-state index is 12.6. The summed E-state index contributed by atoms with van der Waals surface area (Å²) in [4.78, 5) is 16.9. The highest BCUT2D eigenvalue weighted by Crippen LogP contribution is 2.45. The van der Waals surface area contributed by atoms with Crippen LogP contribution in [0.4, 0.5) is 0 Å². The Morgan fingerprint density at radius 2 is 1.86 bits per heavy atom. The predicted molar refractivity (Wildman–Crippen MR) is 116 cm³/mol. The van der Waals surface area contributed by atoms with E-state index in [-0.39, 0.29) is 23.0 Å². The van der Waals surface area contributed by atoms with Crippen LogP contribution >= 0.6 is 0 Å². The largest absolute Gasteiger partial charge is 0.459 e. The van der Waals surface area contributed by atoms with Gasteiger partial charge in [-0.05, 0) is 47.4 Å². The van der Waals surface area contributed by atoms with Gasteiger partial charge in [0.2, 0.25) is 0 Å². The van der Waals surface area contributed by atoms with Crippen LogP contribution in [0.5, 0.6) is 0 Å². The molecule has 1 fully saturated rings. The van der Waals surface area contributed by atoms with Crippen LogP contribution in [0.25, 0.3) is 10.8 Å². The van der Waals surface area contributed by atoms with E-state index in [1.807, 2.05) is 0 Å². The van der Waals surface area contributed by atoms with Crippen molar-refractivity contribution in [2.45, 2.75) is 64.6 Å². The average Bonchev–Trinajstić information content (AvgIpc) is 2.71. The van der Waals surface area contributed by atoms with Crippen LogP contribution in [0.15, 0.2) is 54.6 Å². The van der Waals surface area contributed by atoms with Crippen LogP contribution in [0.3, 0.4) is 0 Å².